The summed E-state index contributed by atoms with van der Waals surface area (Å²) in [5, 5.41) is 4.82. The van der Waals surface area contributed by atoms with Crippen molar-refractivity contribution in [2.24, 2.45) is 0 Å². The van der Waals surface area contributed by atoms with Crippen LogP contribution in [0.15, 0.2) is 24.3 Å². The number of hydrogen-bond donors (Lipinski definition) is 1. The van der Waals surface area contributed by atoms with Crippen molar-refractivity contribution in [3.63, 3.8) is 0 Å². The van der Waals surface area contributed by atoms with Gasteiger partial charge in [0.15, 0.2) is 0 Å². The average molecular weight is 315 g/mol. The van der Waals surface area contributed by atoms with Gasteiger partial charge in [0.05, 0.1) is 12.2 Å². The lowest BCUT2D eigenvalue weighted by Gasteiger charge is -2.38. The van der Waals surface area contributed by atoms with Crippen LogP contribution in [-0.2, 0) is 11.3 Å². The van der Waals surface area contributed by atoms with Gasteiger partial charge in [-0.3, -0.25) is 4.90 Å². The predicted molar refractivity (Wildman–Crippen MR) is 89.3 cm³/mol. The second-order valence-corrected chi connectivity index (χ2v) is 6.89. The van der Waals surface area contributed by atoms with Gasteiger partial charge in [0, 0.05) is 18.1 Å². The normalized spacial score (nSPS) is 29.4. The molecule has 3 heterocycles. The van der Waals surface area contributed by atoms with Gasteiger partial charge in [0.25, 0.3) is 0 Å². The largest absolute Gasteiger partial charge is 0.431 e. The van der Waals surface area contributed by atoms with Crippen LogP contribution < -0.4 is 10.4 Å². The number of para-hydroxylation sites is 1. The molecule has 124 valence electrons. The van der Waals surface area contributed by atoms with Crippen LogP contribution in [0.25, 0.3) is 0 Å². The molecule has 2 unspecified atom stereocenters. The molecule has 23 heavy (non-hydrogen) atoms. The summed E-state index contributed by atoms with van der Waals surface area (Å²) in [6, 6.07) is 9.63. The number of benzene rings is 1. The fourth-order valence-corrected chi connectivity index (χ4v) is 4.60. The molecule has 1 N–H and O–H groups in total. The van der Waals surface area contributed by atoms with Gasteiger partial charge in [-0.25, -0.2) is 9.86 Å². The lowest BCUT2D eigenvalue weighted by Crippen LogP contribution is -2.50. The number of rotatable bonds is 3. The Bertz CT molecular complexity index is 577. The molecule has 1 amide bonds. The summed E-state index contributed by atoms with van der Waals surface area (Å²) in [6.45, 7) is 4.10. The molecule has 3 aliphatic heterocycles. The van der Waals surface area contributed by atoms with Crippen molar-refractivity contribution in [3.05, 3.63) is 29.8 Å². The summed E-state index contributed by atoms with van der Waals surface area (Å²) in [5.74, 6) is 0. The molecule has 0 aromatic heterocycles. The maximum Gasteiger partial charge on any atom is 0.431 e. The molecule has 0 aliphatic carbocycles. The number of nitrogens with one attached hydrogen (secondary N) is 1. The molecular formula is C18H25N3O2. The Kier molecular flexibility index (Phi) is 3.89. The van der Waals surface area contributed by atoms with Crippen LogP contribution >= 0.6 is 0 Å². The van der Waals surface area contributed by atoms with Crippen LogP contribution in [0, 0.1) is 0 Å². The molecule has 4 rings (SSSR count). The zero-order valence-corrected chi connectivity index (χ0v) is 13.7. The van der Waals surface area contributed by atoms with Crippen molar-refractivity contribution in [1.82, 2.24) is 10.2 Å². The molecule has 2 saturated heterocycles. The Balaban J connectivity index is 1.33. The minimum absolute atomic E-state index is 0.251. The van der Waals surface area contributed by atoms with Crippen molar-refractivity contribution >= 4 is 11.8 Å². The molecule has 3 aliphatic rings. The lowest BCUT2D eigenvalue weighted by atomic mass is 9.97. The van der Waals surface area contributed by atoms with Crippen LogP contribution in [0.1, 0.15) is 38.2 Å². The van der Waals surface area contributed by atoms with Crippen molar-refractivity contribution < 1.29 is 9.63 Å². The second-order valence-electron chi connectivity index (χ2n) is 6.89. The minimum Gasteiger partial charge on any atom is -0.322 e. The van der Waals surface area contributed by atoms with E-state index in [0.29, 0.717) is 12.1 Å². The molecule has 5 nitrogen and oxygen atoms in total. The van der Waals surface area contributed by atoms with Gasteiger partial charge in [0.1, 0.15) is 0 Å². The number of nitrogens with zero attached hydrogens (tertiary/aromatic N) is 2. The van der Waals surface area contributed by atoms with E-state index in [4.69, 9.17) is 4.84 Å². The first-order chi connectivity index (χ1) is 11.2. The third kappa shape index (κ3) is 2.78. The van der Waals surface area contributed by atoms with Gasteiger partial charge >= 0.3 is 6.09 Å². The Morgan fingerprint density at radius 2 is 2.00 bits per heavy atom. The van der Waals surface area contributed by atoms with E-state index in [0.717, 1.165) is 38.0 Å². The fraction of sp³-hybridized carbons (Fsp3) is 0.611. The van der Waals surface area contributed by atoms with Gasteiger partial charge in [-0.1, -0.05) is 25.1 Å². The van der Waals surface area contributed by atoms with Crippen molar-refractivity contribution in [1.29, 1.82) is 0 Å². The van der Waals surface area contributed by atoms with E-state index < -0.39 is 0 Å². The van der Waals surface area contributed by atoms with Crippen LogP contribution in [0.3, 0.4) is 0 Å². The number of fused-ring (bicyclic) bond motifs is 3. The molecule has 0 radical (unpaired) electrons. The van der Waals surface area contributed by atoms with Crippen LogP contribution in [-0.4, -0.2) is 42.2 Å². The van der Waals surface area contributed by atoms with Gasteiger partial charge in [-0.05, 0) is 50.3 Å². The summed E-state index contributed by atoms with van der Waals surface area (Å²) in [6.07, 6.45) is 5.27. The first kappa shape index (κ1) is 14.8. The fourth-order valence-electron chi connectivity index (χ4n) is 4.60. The number of amides is 1. The van der Waals surface area contributed by atoms with Gasteiger partial charge in [0.2, 0.25) is 0 Å². The highest BCUT2D eigenvalue weighted by Crippen LogP contribution is 2.35. The molecule has 2 atom stereocenters. The Labute approximate surface area is 137 Å². The van der Waals surface area contributed by atoms with E-state index in [1.165, 1.54) is 18.4 Å². The van der Waals surface area contributed by atoms with Crippen LogP contribution in [0.2, 0.25) is 0 Å². The summed E-state index contributed by atoms with van der Waals surface area (Å²) in [5.41, 5.74) is 2.26. The van der Waals surface area contributed by atoms with Crippen LogP contribution in [0.4, 0.5) is 10.5 Å². The maximum atomic E-state index is 12.3. The van der Waals surface area contributed by atoms with Gasteiger partial charge in [-0.2, -0.15) is 0 Å². The average Bonchev–Trinajstić information content (AvgIpc) is 3.06. The van der Waals surface area contributed by atoms with Gasteiger partial charge in [-0.15, -0.1) is 0 Å². The van der Waals surface area contributed by atoms with E-state index in [9.17, 15) is 4.79 Å². The van der Waals surface area contributed by atoms with Crippen molar-refractivity contribution in [2.75, 3.05) is 18.2 Å². The molecule has 2 fully saturated rings. The maximum absolute atomic E-state index is 12.3. The number of carbonyl (C=O) groups is 1. The van der Waals surface area contributed by atoms with E-state index in [1.54, 1.807) is 5.06 Å². The molecule has 2 bridgehead atoms. The van der Waals surface area contributed by atoms with E-state index >= 15 is 0 Å². The zero-order valence-electron chi connectivity index (χ0n) is 13.7. The topological polar surface area (TPSA) is 44.8 Å². The predicted octanol–water partition coefficient (Wildman–Crippen LogP) is 2.71. The van der Waals surface area contributed by atoms with Gasteiger partial charge < -0.3 is 10.2 Å². The second kappa shape index (κ2) is 6.04. The van der Waals surface area contributed by atoms with E-state index in [2.05, 4.69) is 23.2 Å². The summed E-state index contributed by atoms with van der Waals surface area (Å²) in [4.78, 5) is 20.4. The molecular weight excluding hydrogens is 290 g/mol. The number of carbonyl (C=O) groups excluding carboxylic acids is 1. The SMILES string of the molecule is CCN1C2CCC1CC(NC(=O)ON1CCc3ccccc31)C2. The quantitative estimate of drug-likeness (QED) is 0.931. The van der Waals surface area contributed by atoms with Crippen molar-refractivity contribution in [2.45, 2.75) is 57.2 Å². The first-order valence-electron chi connectivity index (χ1n) is 8.84. The van der Waals surface area contributed by atoms with Crippen LogP contribution in [0.5, 0.6) is 0 Å². The molecule has 1 aromatic carbocycles. The third-order valence-corrected chi connectivity index (χ3v) is 5.61. The number of piperidine rings is 1. The van der Waals surface area contributed by atoms with E-state index in [1.807, 2.05) is 18.2 Å². The highest BCUT2D eigenvalue weighted by atomic mass is 16.7. The highest BCUT2D eigenvalue weighted by Gasteiger charge is 2.40. The monoisotopic (exact) mass is 315 g/mol. The summed E-state index contributed by atoms with van der Waals surface area (Å²) >= 11 is 0. The highest BCUT2D eigenvalue weighted by molar-refractivity contribution is 5.70. The number of anilines is 1. The molecule has 1 aromatic rings. The van der Waals surface area contributed by atoms with Crippen molar-refractivity contribution in [3.8, 4) is 0 Å². The molecule has 0 spiro atoms. The number of hydroxylamine groups is 1. The minimum atomic E-state index is -0.309. The molecule has 0 saturated carbocycles. The Hall–Kier alpha value is -1.75. The van der Waals surface area contributed by atoms with E-state index in [-0.39, 0.29) is 12.1 Å². The summed E-state index contributed by atoms with van der Waals surface area (Å²) in [7, 11) is 0. The third-order valence-electron chi connectivity index (χ3n) is 5.61. The summed E-state index contributed by atoms with van der Waals surface area (Å²) < 4.78 is 0. The zero-order chi connectivity index (χ0) is 15.8. The number of hydrogen-bond acceptors (Lipinski definition) is 4. The Morgan fingerprint density at radius 3 is 2.74 bits per heavy atom. The standard InChI is InChI=1S/C18H25N3O2/c1-2-20-15-7-8-16(20)12-14(11-15)19-18(22)23-21-10-9-13-5-3-4-6-17(13)21/h3-6,14-16H,2,7-12H2,1H3,(H,19,22). The first-order valence-corrected chi connectivity index (χ1v) is 8.84. The molecule has 5 heteroatoms. The Morgan fingerprint density at radius 1 is 1.26 bits per heavy atom. The smallest absolute Gasteiger partial charge is 0.322 e. The lowest BCUT2D eigenvalue weighted by molar-refractivity contribution is 0.103.